The van der Waals surface area contributed by atoms with Gasteiger partial charge in [-0.1, -0.05) is 6.07 Å². The maximum absolute atomic E-state index is 12.1. The van der Waals surface area contributed by atoms with Crippen molar-refractivity contribution < 1.29 is 23.8 Å². The Bertz CT molecular complexity index is 976. The Labute approximate surface area is 165 Å². The van der Waals surface area contributed by atoms with Crippen LogP contribution in [-0.4, -0.2) is 31.7 Å². The van der Waals surface area contributed by atoms with Crippen molar-refractivity contribution in [3.05, 3.63) is 39.8 Å². The Kier molecular flexibility index (Phi) is 5.17. The van der Waals surface area contributed by atoms with Gasteiger partial charge in [0.1, 0.15) is 24.3 Å². The van der Waals surface area contributed by atoms with E-state index in [2.05, 4.69) is 11.4 Å². The predicted molar refractivity (Wildman–Crippen MR) is 102 cm³/mol. The average Bonchev–Trinajstić information content (AvgIpc) is 3.27. The molecule has 4 rings (SSSR count). The summed E-state index contributed by atoms with van der Waals surface area (Å²) in [7, 11) is 0. The van der Waals surface area contributed by atoms with E-state index in [-0.39, 0.29) is 6.42 Å². The number of rotatable bonds is 5. The number of nitrogens with zero attached hydrogens (tertiary/aromatic N) is 1. The smallest absolute Gasteiger partial charge is 0.310 e. The van der Waals surface area contributed by atoms with E-state index in [1.54, 1.807) is 18.2 Å². The second-order valence-electron chi connectivity index (χ2n) is 6.54. The van der Waals surface area contributed by atoms with Crippen LogP contribution in [0.1, 0.15) is 28.0 Å². The summed E-state index contributed by atoms with van der Waals surface area (Å²) in [6, 6.07) is 7.43. The molecule has 0 spiro atoms. The largest absolute Gasteiger partial charge is 0.486 e. The highest BCUT2D eigenvalue weighted by molar-refractivity contribution is 7.16. The van der Waals surface area contributed by atoms with E-state index < -0.39 is 18.5 Å². The summed E-state index contributed by atoms with van der Waals surface area (Å²) in [5, 5.41) is 12.6. The van der Waals surface area contributed by atoms with Gasteiger partial charge in [-0.3, -0.25) is 9.59 Å². The summed E-state index contributed by atoms with van der Waals surface area (Å²) in [6.45, 7) is 0.582. The lowest BCUT2D eigenvalue weighted by molar-refractivity contribution is -0.146. The number of nitriles is 1. The number of hydrogen-bond acceptors (Lipinski definition) is 7. The summed E-state index contributed by atoms with van der Waals surface area (Å²) < 4.78 is 16.0. The van der Waals surface area contributed by atoms with E-state index in [1.165, 1.54) is 11.3 Å². The molecule has 7 nitrogen and oxygen atoms in total. The molecule has 8 heteroatoms. The minimum atomic E-state index is -0.513. The lowest BCUT2D eigenvalue weighted by Crippen LogP contribution is -2.21. The van der Waals surface area contributed by atoms with Gasteiger partial charge in [0.05, 0.1) is 12.0 Å². The summed E-state index contributed by atoms with van der Waals surface area (Å²) >= 11 is 1.43. The van der Waals surface area contributed by atoms with Crippen LogP contribution < -0.4 is 14.8 Å². The third-order valence-corrected chi connectivity index (χ3v) is 5.81. The van der Waals surface area contributed by atoms with Crippen molar-refractivity contribution >= 4 is 28.2 Å². The Morgan fingerprint density at radius 1 is 1.21 bits per heavy atom. The molecule has 1 aliphatic heterocycles. The SMILES string of the molecule is N#Cc1c(NC(=O)COC(=O)Cc2ccc3c(c2)OCCO3)sc2c1CCC2. The van der Waals surface area contributed by atoms with Crippen LogP contribution >= 0.6 is 11.3 Å². The maximum Gasteiger partial charge on any atom is 0.310 e. The molecule has 0 unspecified atom stereocenters. The highest BCUT2D eigenvalue weighted by Gasteiger charge is 2.23. The van der Waals surface area contributed by atoms with Crippen LogP contribution in [0.3, 0.4) is 0 Å². The zero-order valence-corrected chi connectivity index (χ0v) is 15.9. The average molecular weight is 398 g/mol. The van der Waals surface area contributed by atoms with E-state index in [0.29, 0.717) is 35.3 Å². The standard InChI is InChI=1S/C20H18N2O5S/c21-10-14-13-2-1-3-17(13)28-20(14)22-18(23)11-27-19(24)9-12-4-5-15-16(8-12)26-7-6-25-15/h4-5,8H,1-3,6-7,9,11H2,(H,22,23). The number of carbonyl (C=O) groups excluding carboxylic acids is 2. The fourth-order valence-electron chi connectivity index (χ4n) is 3.33. The van der Waals surface area contributed by atoms with Crippen molar-refractivity contribution in [3.8, 4) is 17.6 Å². The highest BCUT2D eigenvalue weighted by Crippen LogP contribution is 2.38. The van der Waals surface area contributed by atoms with Crippen molar-refractivity contribution in [2.45, 2.75) is 25.7 Å². The highest BCUT2D eigenvalue weighted by atomic mass is 32.1. The molecule has 2 heterocycles. The molecule has 0 radical (unpaired) electrons. The minimum Gasteiger partial charge on any atom is -0.486 e. The summed E-state index contributed by atoms with van der Waals surface area (Å²) in [4.78, 5) is 25.3. The molecule has 28 heavy (non-hydrogen) atoms. The van der Waals surface area contributed by atoms with Crippen molar-refractivity contribution in [1.82, 2.24) is 0 Å². The third-order valence-electron chi connectivity index (χ3n) is 4.61. The molecule has 1 aliphatic carbocycles. The predicted octanol–water partition coefficient (Wildman–Crippen LogP) is 2.60. The van der Waals surface area contributed by atoms with E-state index in [1.807, 2.05) is 0 Å². The maximum atomic E-state index is 12.1. The Morgan fingerprint density at radius 3 is 2.86 bits per heavy atom. The van der Waals surface area contributed by atoms with Crippen LogP contribution in [0.25, 0.3) is 0 Å². The van der Waals surface area contributed by atoms with E-state index >= 15 is 0 Å². The molecule has 0 saturated carbocycles. The first-order chi connectivity index (χ1) is 13.6. The van der Waals surface area contributed by atoms with Crippen LogP contribution in [0.2, 0.25) is 0 Å². The molecule has 1 amide bonds. The first-order valence-electron chi connectivity index (χ1n) is 9.02. The molecular formula is C20H18N2O5S. The van der Waals surface area contributed by atoms with Gasteiger partial charge in [-0.2, -0.15) is 5.26 Å². The number of nitrogens with one attached hydrogen (secondary N) is 1. The summed E-state index contributed by atoms with van der Waals surface area (Å²) in [5.74, 6) is 0.288. The molecule has 0 saturated heterocycles. The molecule has 2 aromatic rings. The van der Waals surface area contributed by atoms with Crippen molar-refractivity contribution in [1.29, 1.82) is 5.26 Å². The van der Waals surface area contributed by atoms with Gasteiger partial charge in [0.15, 0.2) is 18.1 Å². The molecule has 0 atom stereocenters. The van der Waals surface area contributed by atoms with Gasteiger partial charge in [-0.25, -0.2) is 0 Å². The van der Waals surface area contributed by atoms with Crippen LogP contribution in [0, 0.1) is 11.3 Å². The van der Waals surface area contributed by atoms with E-state index in [0.717, 1.165) is 35.3 Å². The van der Waals surface area contributed by atoms with Crippen molar-refractivity contribution in [2.75, 3.05) is 25.1 Å². The van der Waals surface area contributed by atoms with Crippen LogP contribution in [-0.2, 0) is 33.6 Å². The molecule has 2 aliphatic rings. The van der Waals surface area contributed by atoms with Gasteiger partial charge in [0, 0.05) is 4.88 Å². The van der Waals surface area contributed by atoms with Gasteiger partial charge in [-0.15, -0.1) is 11.3 Å². The number of carbonyl (C=O) groups is 2. The van der Waals surface area contributed by atoms with Crippen LogP contribution in [0.15, 0.2) is 18.2 Å². The number of thiophene rings is 1. The van der Waals surface area contributed by atoms with Gasteiger partial charge in [-0.05, 0) is 42.5 Å². The van der Waals surface area contributed by atoms with Gasteiger partial charge in [0.25, 0.3) is 5.91 Å². The number of esters is 1. The Hall–Kier alpha value is -3.05. The second-order valence-corrected chi connectivity index (χ2v) is 7.64. The zero-order chi connectivity index (χ0) is 19.5. The first-order valence-corrected chi connectivity index (χ1v) is 9.84. The molecule has 1 aromatic heterocycles. The fourth-order valence-corrected chi connectivity index (χ4v) is 4.59. The molecular weight excluding hydrogens is 380 g/mol. The minimum absolute atomic E-state index is 0.0284. The number of ether oxygens (including phenoxy) is 3. The monoisotopic (exact) mass is 398 g/mol. The first kappa shape index (κ1) is 18.3. The third kappa shape index (κ3) is 3.80. The fraction of sp³-hybridized carbons (Fsp3) is 0.350. The van der Waals surface area contributed by atoms with Crippen LogP contribution in [0.5, 0.6) is 11.5 Å². The van der Waals surface area contributed by atoms with E-state index in [4.69, 9.17) is 14.2 Å². The number of amides is 1. The van der Waals surface area contributed by atoms with Crippen molar-refractivity contribution in [3.63, 3.8) is 0 Å². The molecule has 144 valence electrons. The number of hydrogen-bond donors (Lipinski definition) is 1. The number of benzene rings is 1. The molecule has 0 fully saturated rings. The summed E-state index contributed by atoms with van der Waals surface area (Å²) in [5.41, 5.74) is 2.29. The topological polar surface area (TPSA) is 97.7 Å². The second kappa shape index (κ2) is 7.90. The molecule has 1 aromatic carbocycles. The van der Waals surface area contributed by atoms with Crippen LogP contribution in [0.4, 0.5) is 5.00 Å². The lowest BCUT2D eigenvalue weighted by atomic mass is 10.1. The summed E-state index contributed by atoms with van der Waals surface area (Å²) in [6.07, 6.45) is 2.88. The number of anilines is 1. The van der Waals surface area contributed by atoms with Crippen molar-refractivity contribution in [2.24, 2.45) is 0 Å². The van der Waals surface area contributed by atoms with Gasteiger partial charge in [0.2, 0.25) is 0 Å². The van der Waals surface area contributed by atoms with Gasteiger partial charge >= 0.3 is 5.97 Å². The quantitative estimate of drug-likeness (QED) is 0.778. The zero-order valence-electron chi connectivity index (χ0n) is 15.1. The normalized spacial score (nSPS) is 14.1. The Morgan fingerprint density at radius 2 is 2.04 bits per heavy atom. The Balaban J connectivity index is 1.30. The molecule has 0 bridgehead atoms. The number of fused-ring (bicyclic) bond motifs is 2. The van der Waals surface area contributed by atoms with Gasteiger partial charge < -0.3 is 19.5 Å². The number of aryl methyl sites for hydroxylation is 1. The molecule has 1 N–H and O–H groups in total. The lowest BCUT2D eigenvalue weighted by Gasteiger charge is -2.18. The van der Waals surface area contributed by atoms with E-state index in [9.17, 15) is 14.9 Å².